The van der Waals surface area contributed by atoms with Crippen LogP contribution in [0.4, 0.5) is 0 Å². The summed E-state index contributed by atoms with van der Waals surface area (Å²) in [4.78, 5) is 14.8. The van der Waals surface area contributed by atoms with Gasteiger partial charge in [0.1, 0.15) is 11.9 Å². The Kier molecular flexibility index (Phi) is 4.30. The van der Waals surface area contributed by atoms with E-state index >= 15 is 0 Å². The normalized spacial score (nSPS) is 12.7. The van der Waals surface area contributed by atoms with E-state index < -0.39 is 12.0 Å². The summed E-state index contributed by atoms with van der Waals surface area (Å²) in [6.45, 7) is 1.81. The van der Waals surface area contributed by atoms with Crippen LogP contribution in [-0.2, 0) is 4.79 Å². The molecule has 0 saturated heterocycles. The molecule has 1 atom stereocenters. The highest BCUT2D eigenvalue weighted by atomic mass is 32.2. The van der Waals surface area contributed by atoms with E-state index in [1.54, 1.807) is 7.05 Å². The summed E-state index contributed by atoms with van der Waals surface area (Å²) in [6, 6.07) is -0.538. The van der Waals surface area contributed by atoms with Gasteiger partial charge in [-0.05, 0) is 25.5 Å². The molecule has 1 unspecified atom stereocenters. The first kappa shape index (κ1) is 11.4. The fraction of sp³-hybridized carbons (Fsp3) is 0.571. The first-order valence-electron chi connectivity index (χ1n) is 3.96. The summed E-state index contributed by atoms with van der Waals surface area (Å²) in [7, 11) is 1.63. The van der Waals surface area contributed by atoms with Crippen molar-refractivity contribution in [1.82, 2.24) is 14.7 Å². The minimum Gasteiger partial charge on any atom is -0.480 e. The molecule has 14 heavy (non-hydrogen) atoms. The third-order valence-corrected chi connectivity index (χ3v) is 3.55. The minimum absolute atomic E-state index is 0.459. The lowest BCUT2D eigenvalue weighted by Crippen LogP contribution is -2.35. The molecule has 0 fully saturated rings. The summed E-state index contributed by atoms with van der Waals surface area (Å²) in [5, 5.41) is 11.5. The van der Waals surface area contributed by atoms with Gasteiger partial charge in [0.05, 0.1) is 0 Å². The van der Waals surface area contributed by atoms with Crippen molar-refractivity contribution in [2.45, 2.75) is 17.3 Å². The van der Waals surface area contributed by atoms with Crippen molar-refractivity contribution >= 4 is 29.3 Å². The van der Waals surface area contributed by atoms with Crippen LogP contribution in [0.1, 0.15) is 5.82 Å². The SMILES string of the molecule is CNC(CSc1nc(C)ns1)C(=O)O. The van der Waals surface area contributed by atoms with E-state index in [0.29, 0.717) is 5.75 Å². The number of hydrogen-bond donors (Lipinski definition) is 2. The third-order valence-electron chi connectivity index (χ3n) is 1.53. The Morgan fingerprint density at radius 1 is 1.79 bits per heavy atom. The van der Waals surface area contributed by atoms with Crippen molar-refractivity contribution in [3.8, 4) is 0 Å². The molecular weight excluding hydrogens is 222 g/mol. The van der Waals surface area contributed by atoms with Crippen LogP contribution < -0.4 is 5.32 Å². The highest BCUT2D eigenvalue weighted by molar-refractivity contribution is 8.01. The lowest BCUT2D eigenvalue weighted by molar-refractivity contribution is -0.138. The summed E-state index contributed by atoms with van der Waals surface area (Å²) >= 11 is 2.70. The van der Waals surface area contributed by atoms with Gasteiger partial charge < -0.3 is 10.4 Å². The Hall–Kier alpha value is -0.660. The molecule has 0 aromatic carbocycles. The number of hydrogen-bond acceptors (Lipinski definition) is 6. The Bertz CT molecular complexity index is 316. The van der Waals surface area contributed by atoms with Crippen molar-refractivity contribution in [3.63, 3.8) is 0 Å². The molecule has 0 aliphatic heterocycles. The number of carbonyl (C=O) groups is 1. The van der Waals surface area contributed by atoms with Crippen LogP contribution in [0.3, 0.4) is 0 Å². The van der Waals surface area contributed by atoms with Crippen molar-refractivity contribution in [2.24, 2.45) is 0 Å². The number of likely N-dealkylation sites (N-methyl/N-ethyl adjacent to an activating group) is 1. The van der Waals surface area contributed by atoms with Gasteiger partial charge >= 0.3 is 5.97 Å². The van der Waals surface area contributed by atoms with Crippen LogP contribution in [0, 0.1) is 6.92 Å². The molecule has 0 amide bonds. The molecule has 1 aromatic heterocycles. The van der Waals surface area contributed by atoms with Crippen LogP contribution in [0.5, 0.6) is 0 Å². The maximum absolute atomic E-state index is 10.6. The first-order chi connectivity index (χ1) is 6.63. The number of aromatic nitrogens is 2. The monoisotopic (exact) mass is 233 g/mol. The van der Waals surface area contributed by atoms with Gasteiger partial charge in [0.15, 0.2) is 4.34 Å². The molecule has 1 aromatic rings. The molecule has 0 saturated carbocycles. The molecule has 78 valence electrons. The standard InChI is InChI=1S/C7H11N3O2S2/c1-4-9-7(14-10-4)13-3-5(8-2)6(11)12/h5,8H,3H2,1-2H3,(H,11,12). The van der Waals surface area contributed by atoms with Gasteiger partial charge in [0.25, 0.3) is 0 Å². The molecule has 0 radical (unpaired) electrons. The first-order valence-corrected chi connectivity index (χ1v) is 5.72. The zero-order chi connectivity index (χ0) is 10.6. The highest BCUT2D eigenvalue weighted by Crippen LogP contribution is 2.20. The van der Waals surface area contributed by atoms with Gasteiger partial charge in [-0.3, -0.25) is 4.79 Å². The molecule has 0 spiro atoms. The number of aliphatic carboxylic acids is 1. The fourth-order valence-electron chi connectivity index (χ4n) is 0.769. The van der Waals surface area contributed by atoms with E-state index in [0.717, 1.165) is 10.2 Å². The molecule has 0 aliphatic rings. The zero-order valence-corrected chi connectivity index (χ0v) is 9.48. The average Bonchev–Trinajstić information content (AvgIpc) is 2.52. The number of carboxylic acids is 1. The van der Waals surface area contributed by atoms with Crippen LogP contribution in [0.15, 0.2) is 4.34 Å². The van der Waals surface area contributed by atoms with Crippen LogP contribution >= 0.6 is 23.3 Å². The molecule has 5 nitrogen and oxygen atoms in total. The number of carboxylic acid groups (broad SMARTS) is 1. The van der Waals surface area contributed by atoms with Crippen molar-refractivity contribution in [2.75, 3.05) is 12.8 Å². The molecule has 1 rings (SSSR count). The molecular formula is C7H11N3O2S2. The van der Waals surface area contributed by atoms with E-state index in [-0.39, 0.29) is 0 Å². The number of thioether (sulfide) groups is 1. The van der Waals surface area contributed by atoms with Gasteiger partial charge in [-0.1, -0.05) is 11.8 Å². The van der Waals surface area contributed by atoms with Crippen LogP contribution in [-0.4, -0.2) is 39.3 Å². The molecule has 0 bridgehead atoms. The largest absolute Gasteiger partial charge is 0.480 e. The number of nitrogens with one attached hydrogen (secondary N) is 1. The second-order valence-electron chi connectivity index (χ2n) is 2.60. The average molecular weight is 233 g/mol. The van der Waals surface area contributed by atoms with Gasteiger partial charge in [0.2, 0.25) is 0 Å². The quantitative estimate of drug-likeness (QED) is 0.726. The highest BCUT2D eigenvalue weighted by Gasteiger charge is 2.15. The van der Waals surface area contributed by atoms with E-state index in [1.807, 2.05) is 6.92 Å². The second-order valence-corrected chi connectivity index (χ2v) is 4.62. The number of rotatable bonds is 5. The van der Waals surface area contributed by atoms with Gasteiger partial charge in [-0.2, -0.15) is 4.37 Å². The Morgan fingerprint density at radius 2 is 2.50 bits per heavy atom. The topological polar surface area (TPSA) is 75.1 Å². The van der Waals surface area contributed by atoms with Gasteiger partial charge in [-0.15, -0.1) is 0 Å². The maximum atomic E-state index is 10.6. The molecule has 2 N–H and O–H groups in total. The van der Waals surface area contributed by atoms with Crippen LogP contribution in [0.2, 0.25) is 0 Å². The van der Waals surface area contributed by atoms with E-state index in [2.05, 4.69) is 14.7 Å². The fourth-order valence-corrected chi connectivity index (χ4v) is 2.54. The van der Waals surface area contributed by atoms with E-state index in [1.165, 1.54) is 23.3 Å². The minimum atomic E-state index is -0.846. The van der Waals surface area contributed by atoms with Crippen molar-refractivity contribution in [3.05, 3.63) is 5.82 Å². The Balaban J connectivity index is 2.43. The summed E-state index contributed by atoms with van der Waals surface area (Å²) in [6.07, 6.45) is 0. The second kappa shape index (κ2) is 5.28. The lowest BCUT2D eigenvalue weighted by Gasteiger charge is -2.08. The van der Waals surface area contributed by atoms with Gasteiger partial charge in [0, 0.05) is 5.75 Å². The molecule has 0 aliphatic carbocycles. The predicted octanol–water partition coefficient (Wildman–Crippen LogP) is 0.611. The van der Waals surface area contributed by atoms with E-state index in [4.69, 9.17) is 5.11 Å². The summed E-state index contributed by atoms with van der Waals surface area (Å²) in [5.41, 5.74) is 0. The molecule has 7 heteroatoms. The Morgan fingerprint density at radius 3 is 2.93 bits per heavy atom. The van der Waals surface area contributed by atoms with Crippen molar-refractivity contribution in [1.29, 1.82) is 0 Å². The molecule has 1 heterocycles. The number of nitrogens with zero attached hydrogens (tertiary/aromatic N) is 2. The lowest BCUT2D eigenvalue weighted by atomic mass is 10.3. The Labute approximate surface area is 90.1 Å². The van der Waals surface area contributed by atoms with Crippen molar-refractivity contribution < 1.29 is 9.90 Å². The van der Waals surface area contributed by atoms with Gasteiger partial charge in [-0.25, -0.2) is 4.98 Å². The summed E-state index contributed by atoms with van der Waals surface area (Å²) in [5.74, 6) is 0.343. The number of aryl methyl sites for hydroxylation is 1. The van der Waals surface area contributed by atoms with Crippen LogP contribution in [0.25, 0.3) is 0 Å². The maximum Gasteiger partial charge on any atom is 0.321 e. The smallest absolute Gasteiger partial charge is 0.321 e. The third kappa shape index (κ3) is 3.24. The zero-order valence-electron chi connectivity index (χ0n) is 7.85. The van der Waals surface area contributed by atoms with E-state index in [9.17, 15) is 4.79 Å². The summed E-state index contributed by atoms with van der Waals surface area (Å²) < 4.78 is 4.82. The predicted molar refractivity (Wildman–Crippen MR) is 55.9 cm³/mol.